The van der Waals surface area contributed by atoms with Crippen molar-refractivity contribution >= 4 is 5.91 Å². The van der Waals surface area contributed by atoms with Crippen molar-refractivity contribution in [1.29, 1.82) is 0 Å². The summed E-state index contributed by atoms with van der Waals surface area (Å²) in [6.45, 7) is 2.56. The molecule has 2 fully saturated rings. The summed E-state index contributed by atoms with van der Waals surface area (Å²) in [5.41, 5.74) is 0. The zero-order valence-electron chi connectivity index (χ0n) is 35.7. The summed E-state index contributed by atoms with van der Waals surface area (Å²) in [6.07, 6.45) is 19.1. The number of nitrogens with one attached hydrogen (secondary N) is 1. The van der Waals surface area contributed by atoms with E-state index < -0.39 is 86.8 Å². The van der Waals surface area contributed by atoms with Crippen LogP contribution >= 0.6 is 0 Å². The molecule has 12 atom stereocenters. The molecule has 12 unspecified atom stereocenters. The first-order valence-electron chi connectivity index (χ1n) is 22.4. The molecule has 14 nitrogen and oxygen atoms in total. The third-order valence-corrected chi connectivity index (χ3v) is 10.8. The van der Waals surface area contributed by atoms with Crippen molar-refractivity contribution in [2.75, 3.05) is 19.8 Å². The SMILES string of the molecule is CC/C=C\C/C=C\C/C=C\C/C=C\CCCCCCCCCCC(=O)NC(COC1OC(CO)C(OC2OC(CO)C(O)C(O)C2O)C(O)C1O)C(O)CCCCCC. The molecular formula is C45H79NO13. The summed E-state index contributed by atoms with van der Waals surface area (Å²) < 4.78 is 22.5. The van der Waals surface area contributed by atoms with Crippen molar-refractivity contribution in [1.82, 2.24) is 5.32 Å². The molecule has 0 spiro atoms. The maximum absolute atomic E-state index is 13.0. The van der Waals surface area contributed by atoms with Crippen LogP contribution in [0.3, 0.4) is 0 Å². The second kappa shape index (κ2) is 32.6. The van der Waals surface area contributed by atoms with Gasteiger partial charge in [0.25, 0.3) is 0 Å². The largest absolute Gasteiger partial charge is 0.394 e. The summed E-state index contributed by atoms with van der Waals surface area (Å²) in [7, 11) is 0. The topological polar surface area (TPSA) is 228 Å². The molecule has 2 saturated heterocycles. The summed E-state index contributed by atoms with van der Waals surface area (Å²) >= 11 is 0. The quantitative estimate of drug-likeness (QED) is 0.0343. The third-order valence-electron chi connectivity index (χ3n) is 10.8. The Balaban J connectivity index is 1.73. The molecule has 1 amide bonds. The molecule has 2 heterocycles. The molecule has 2 rings (SSSR count). The van der Waals surface area contributed by atoms with E-state index in [-0.39, 0.29) is 12.5 Å². The van der Waals surface area contributed by atoms with E-state index in [1.54, 1.807) is 0 Å². The molecule has 0 radical (unpaired) electrons. The van der Waals surface area contributed by atoms with E-state index in [9.17, 15) is 45.6 Å². The fraction of sp³-hybridized carbons (Fsp3) is 0.800. The number of hydrogen-bond acceptors (Lipinski definition) is 13. The molecule has 0 aromatic rings. The zero-order valence-corrected chi connectivity index (χ0v) is 35.7. The Morgan fingerprint density at radius 3 is 1.78 bits per heavy atom. The van der Waals surface area contributed by atoms with Gasteiger partial charge in [0.2, 0.25) is 5.91 Å². The van der Waals surface area contributed by atoms with Gasteiger partial charge in [-0.1, -0.05) is 127 Å². The highest BCUT2D eigenvalue weighted by Gasteiger charge is 2.51. The smallest absolute Gasteiger partial charge is 0.220 e. The van der Waals surface area contributed by atoms with Gasteiger partial charge in [-0.2, -0.15) is 0 Å². The Morgan fingerprint density at radius 1 is 0.627 bits per heavy atom. The first kappa shape index (κ1) is 53.1. The lowest BCUT2D eigenvalue weighted by Gasteiger charge is -2.46. The van der Waals surface area contributed by atoms with E-state index in [1.807, 2.05) is 0 Å². The molecule has 2 aliphatic heterocycles. The summed E-state index contributed by atoms with van der Waals surface area (Å²) in [5, 5.41) is 86.0. The fourth-order valence-electron chi connectivity index (χ4n) is 7.11. The first-order valence-corrected chi connectivity index (χ1v) is 22.4. The van der Waals surface area contributed by atoms with E-state index in [0.29, 0.717) is 19.3 Å². The Kier molecular flexibility index (Phi) is 29.4. The van der Waals surface area contributed by atoms with Crippen LogP contribution in [0.1, 0.15) is 136 Å². The van der Waals surface area contributed by atoms with E-state index in [2.05, 4.69) is 67.8 Å². The summed E-state index contributed by atoms with van der Waals surface area (Å²) in [6, 6.07) is -0.829. The van der Waals surface area contributed by atoms with E-state index >= 15 is 0 Å². The minimum Gasteiger partial charge on any atom is -0.394 e. The van der Waals surface area contributed by atoms with Crippen LogP contribution in [0.4, 0.5) is 0 Å². The van der Waals surface area contributed by atoms with Gasteiger partial charge < -0.3 is 65.1 Å². The van der Waals surface area contributed by atoms with Crippen molar-refractivity contribution < 1.29 is 64.6 Å². The molecule has 2 aliphatic rings. The highest BCUT2D eigenvalue weighted by atomic mass is 16.7. The average Bonchev–Trinajstić information content (AvgIpc) is 3.23. The normalized spacial score (nSPS) is 29.0. The van der Waals surface area contributed by atoms with Gasteiger partial charge >= 0.3 is 0 Å². The van der Waals surface area contributed by atoms with Crippen LogP contribution in [-0.2, 0) is 23.7 Å². The molecular weight excluding hydrogens is 762 g/mol. The molecule has 342 valence electrons. The highest BCUT2D eigenvalue weighted by molar-refractivity contribution is 5.76. The molecule has 0 bridgehead atoms. The van der Waals surface area contributed by atoms with E-state index in [0.717, 1.165) is 77.0 Å². The molecule has 14 heteroatoms. The number of amides is 1. The van der Waals surface area contributed by atoms with E-state index in [1.165, 1.54) is 25.7 Å². The molecule has 0 saturated carbocycles. The number of unbranched alkanes of at least 4 members (excludes halogenated alkanes) is 11. The number of allylic oxidation sites excluding steroid dienone is 8. The van der Waals surface area contributed by atoms with Gasteiger partial charge in [0.15, 0.2) is 12.6 Å². The lowest BCUT2D eigenvalue weighted by Crippen LogP contribution is -2.65. The Bertz CT molecular complexity index is 1180. The highest BCUT2D eigenvalue weighted by Crippen LogP contribution is 2.30. The third kappa shape index (κ3) is 21.1. The van der Waals surface area contributed by atoms with Crippen LogP contribution in [-0.4, -0.2) is 140 Å². The standard InChI is InChI=1S/C45H79NO13/c1-3-5-7-9-10-11-12-13-14-15-16-17-18-19-20-21-22-23-24-25-27-29-37(50)46-33(34(49)28-26-8-6-4-2)32-56-44-42(55)40(53)43(36(31-48)58-44)59-45-41(54)39(52)38(51)35(30-47)57-45/h5,7,10-11,13-14,16-17,33-36,38-45,47-49,51-55H,3-4,6,8-9,12,15,18-32H2,1-2H3,(H,46,50)/b7-5-,11-10-,14-13-,17-16-. The van der Waals surface area contributed by atoms with Gasteiger partial charge in [0, 0.05) is 6.42 Å². The van der Waals surface area contributed by atoms with Gasteiger partial charge in [0.05, 0.1) is 32.0 Å². The second-order valence-corrected chi connectivity index (χ2v) is 15.8. The van der Waals surface area contributed by atoms with Crippen LogP contribution in [0, 0.1) is 0 Å². The first-order chi connectivity index (χ1) is 28.6. The van der Waals surface area contributed by atoms with Crippen molar-refractivity contribution in [3.63, 3.8) is 0 Å². The maximum atomic E-state index is 13.0. The van der Waals surface area contributed by atoms with E-state index in [4.69, 9.17) is 18.9 Å². The average molecular weight is 842 g/mol. The predicted octanol–water partition coefficient (Wildman–Crippen LogP) is 4.15. The van der Waals surface area contributed by atoms with Crippen molar-refractivity contribution in [2.24, 2.45) is 0 Å². The maximum Gasteiger partial charge on any atom is 0.220 e. The Hall–Kier alpha value is -2.05. The zero-order chi connectivity index (χ0) is 43.3. The minimum absolute atomic E-state index is 0.228. The number of carbonyl (C=O) groups is 1. The number of rotatable bonds is 32. The van der Waals surface area contributed by atoms with Crippen molar-refractivity contribution in [2.45, 2.75) is 209 Å². The summed E-state index contributed by atoms with van der Waals surface area (Å²) in [5.74, 6) is -0.228. The molecule has 0 aromatic heterocycles. The lowest BCUT2D eigenvalue weighted by molar-refractivity contribution is -0.359. The second-order valence-electron chi connectivity index (χ2n) is 15.8. The van der Waals surface area contributed by atoms with Gasteiger partial charge in [0.1, 0.15) is 48.8 Å². The van der Waals surface area contributed by atoms with Gasteiger partial charge in [-0.3, -0.25) is 4.79 Å². The number of hydrogen-bond donors (Lipinski definition) is 9. The number of ether oxygens (including phenoxy) is 4. The van der Waals surface area contributed by atoms with Crippen LogP contribution in [0.5, 0.6) is 0 Å². The summed E-state index contributed by atoms with van der Waals surface area (Å²) in [4.78, 5) is 13.0. The van der Waals surface area contributed by atoms with Crippen molar-refractivity contribution in [3.05, 3.63) is 48.6 Å². The van der Waals surface area contributed by atoms with Crippen molar-refractivity contribution in [3.8, 4) is 0 Å². The number of aliphatic hydroxyl groups is 8. The number of carbonyl (C=O) groups excluding carboxylic acids is 1. The van der Waals surface area contributed by atoms with Crippen LogP contribution in [0.25, 0.3) is 0 Å². The van der Waals surface area contributed by atoms with Gasteiger partial charge in [-0.15, -0.1) is 0 Å². The Morgan fingerprint density at radius 2 is 1.17 bits per heavy atom. The fourth-order valence-corrected chi connectivity index (χ4v) is 7.11. The molecule has 0 aromatic carbocycles. The van der Waals surface area contributed by atoms with Gasteiger partial charge in [-0.25, -0.2) is 0 Å². The Labute approximate surface area is 353 Å². The minimum atomic E-state index is -1.78. The molecule has 0 aliphatic carbocycles. The predicted molar refractivity (Wildman–Crippen MR) is 226 cm³/mol. The van der Waals surface area contributed by atoms with Crippen LogP contribution < -0.4 is 5.32 Å². The van der Waals surface area contributed by atoms with Crippen LogP contribution in [0.2, 0.25) is 0 Å². The van der Waals surface area contributed by atoms with Crippen LogP contribution in [0.15, 0.2) is 48.6 Å². The monoisotopic (exact) mass is 842 g/mol. The molecule has 59 heavy (non-hydrogen) atoms. The van der Waals surface area contributed by atoms with Gasteiger partial charge in [-0.05, 0) is 51.4 Å². The number of aliphatic hydroxyl groups excluding tert-OH is 8. The molecule has 9 N–H and O–H groups in total. The lowest BCUT2D eigenvalue weighted by atomic mass is 9.97.